The van der Waals surface area contributed by atoms with Gasteiger partial charge in [-0.15, -0.1) is 0 Å². The zero-order valence-electron chi connectivity index (χ0n) is 52.2. The molecule has 0 aromatic rings. The van der Waals surface area contributed by atoms with Gasteiger partial charge in [0.2, 0.25) is 5.91 Å². The van der Waals surface area contributed by atoms with Crippen molar-refractivity contribution in [3.05, 3.63) is 36.5 Å². The Morgan fingerprint density at radius 3 is 1.09 bits per heavy atom. The molecule has 1 heterocycles. The van der Waals surface area contributed by atoms with Crippen molar-refractivity contribution < 1.29 is 39.8 Å². The molecular formula is C70H133NO8. The standard InChI is InChI=1S/C70H133NO8/c1-3-5-7-9-11-13-15-17-19-21-23-24-25-26-27-28-29-30-31-32-33-34-35-36-37-38-39-40-42-44-46-48-50-52-54-56-58-60-66(74)71-63(62-78-70-69(77)68(76)67(75)65(61-72)79-70)64(73)59-57-55-53-51-49-47-45-43-41-22-20-18-16-14-12-10-8-6-4-2/h27-28,30-31,57,59,63-65,67-70,72-73,75-77H,3-26,29,32-56,58,60-62H2,1-2H3,(H,71,74)/b28-27-,31-30-,59-57+. The molecule has 1 rings (SSSR count). The minimum absolute atomic E-state index is 0.171. The third-order valence-electron chi connectivity index (χ3n) is 16.7. The minimum atomic E-state index is -1.57. The Hall–Kier alpha value is -1.59. The quantitative estimate of drug-likeness (QED) is 0.0261. The lowest BCUT2D eigenvalue weighted by atomic mass is 9.99. The average Bonchev–Trinajstić information content (AvgIpc) is 3.46. The molecule has 9 nitrogen and oxygen atoms in total. The van der Waals surface area contributed by atoms with Gasteiger partial charge in [-0.3, -0.25) is 4.79 Å². The first-order valence-corrected chi connectivity index (χ1v) is 34.7. The average molecular weight is 1120 g/mol. The molecule has 1 aliphatic rings. The summed E-state index contributed by atoms with van der Waals surface area (Å²) in [5.41, 5.74) is 0. The van der Waals surface area contributed by atoms with Crippen LogP contribution >= 0.6 is 0 Å². The van der Waals surface area contributed by atoms with E-state index in [-0.39, 0.29) is 12.5 Å². The van der Waals surface area contributed by atoms with Gasteiger partial charge >= 0.3 is 0 Å². The van der Waals surface area contributed by atoms with E-state index in [1.165, 1.54) is 283 Å². The second-order valence-electron chi connectivity index (χ2n) is 24.3. The van der Waals surface area contributed by atoms with E-state index < -0.39 is 49.5 Å². The molecule has 1 saturated heterocycles. The van der Waals surface area contributed by atoms with Crippen LogP contribution in [-0.2, 0) is 14.3 Å². The zero-order valence-corrected chi connectivity index (χ0v) is 52.2. The normalized spacial score (nSPS) is 18.7. The van der Waals surface area contributed by atoms with Gasteiger partial charge in [0, 0.05) is 6.42 Å². The number of aliphatic hydroxyl groups excluding tert-OH is 5. The molecule has 0 aliphatic carbocycles. The maximum atomic E-state index is 13.1. The number of hydrogen-bond acceptors (Lipinski definition) is 8. The van der Waals surface area contributed by atoms with Crippen LogP contribution in [0.1, 0.15) is 348 Å². The number of nitrogens with one attached hydrogen (secondary N) is 1. The summed E-state index contributed by atoms with van der Waals surface area (Å²) >= 11 is 0. The van der Waals surface area contributed by atoms with Crippen LogP contribution in [0.15, 0.2) is 36.5 Å². The molecule has 1 amide bonds. The number of allylic oxidation sites excluding steroid dienone is 5. The molecule has 7 atom stereocenters. The summed E-state index contributed by atoms with van der Waals surface area (Å²) in [5.74, 6) is -0.171. The van der Waals surface area contributed by atoms with E-state index >= 15 is 0 Å². The fraction of sp³-hybridized carbons (Fsp3) is 0.900. The van der Waals surface area contributed by atoms with Gasteiger partial charge in [0.15, 0.2) is 6.29 Å². The maximum absolute atomic E-state index is 13.1. The van der Waals surface area contributed by atoms with Crippen LogP contribution in [0.5, 0.6) is 0 Å². The number of carbonyl (C=O) groups is 1. The SMILES string of the molecule is CCCCCCCCCCCCCCC/C=C\C/C=C\CCCCCCCCCCCCCCCCCCCC(=O)NC(COC1OC(CO)C(O)C(O)C1O)C(O)/C=C/CCCCCCCCCCCCCCCCCCC. The van der Waals surface area contributed by atoms with Crippen molar-refractivity contribution in [2.75, 3.05) is 13.2 Å². The molecule has 0 radical (unpaired) electrons. The summed E-state index contributed by atoms with van der Waals surface area (Å²) < 4.78 is 11.3. The van der Waals surface area contributed by atoms with Gasteiger partial charge in [-0.1, -0.05) is 326 Å². The van der Waals surface area contributed by atoms with E-state index in [1.807, 2.05) is 6.08 Å². The van der Waals surface area contributed by atoms with Gasteiger partial charge in [-0.2, -0.15) is 0 Å². The van der Waals surface area contributed by atoms with E-state index in [2.05, 4.69) is 43.5 Å². The van der Waals surface area contributed by atoms with E-state index in [0.717, 1.165) is 44.9 Å². The van der Waals surface area contributed by atoms with Crippen molar-refractivity contribution in [1.82, 2.24) is 5.32 Å². The van der Waals surface area contributed by atoms with Crippen molar-refractivity contribution in [3.8, 4) is 0 Å². The van der Waals surface area contributed by atoms with Gasteiger partial charge in [0.1, 0.15) is 24.4 Å². The topological polar surface area (TPSA) is 149 Å². The van der Waals surface area contributed by atoms with Crippen molar-refractivity contribution in [2.45, 2.75) is 391 Å². The van der Waals surface area contributed by atoms with Crippen LogP contribution in [0.25, 0.3) is 0 Å². The number of hydrogen-bond donors (Lipinski definition) is 6. The van der Waals surface area contributed by atoms with Crippen LogP contribution in [0.2, 0.25) is 0 Å². The molecule has 6 N–H and O–H groups in total. The molecule has 466 valence electrons. The van der Waals surface area contributed by atoms with Crippen molar-refractivity contribution >= 4 is 5.91 Å². The summed E-state index contributed by atoms with van der Waals surface area (Å²) in [7, 11) is 0. The van der Waals surface area contributed by atoms with Gasteiger partial charge in [-0.05, 0) is 51.4 Å². The zero-order chi connectivity index (χ0) is 57.2. The largest absolute Gasteiger partial charge is 0.394 e. The number of carbonyl (C=O) groups excluding carboxylic acids is 1. The summed E-state index contributed by atoms with van der Waals surface area (Å²) in [4.78, 5) is 13.1. The van der Waals surface area contributed by atoms with E-state index in [4.69, 9.17) is 9.47 Å². The van der Waals surface area contributed by atoms with Crippen molar-refractivity contribution in [2.24, 2.45) is 0 Å². The highest BCUT2D eigenvalue weighted by Gasteiger charge is 2.44. The van der Waals surface area contributed by atoms with E-state index in [9.17, 15) is 30.3 Å². The smallest absolute Gasteiger partial charge is 0.220 e. The Kier molecular flexibility index (Phi) is 56.9. The highest BCUT2D eigenvalue weighted by Crippen LogP contribution is 2.23. The number of aliphatic hydroxyl groups is 5. The van der Waals surface area contributed by atoms with Crippen LogP contribution in [0, 0.1) is 0 Å². The summed E-state index contributed by atoms with van der Waals surface area (Å²) in [6.07, 6.45) is 72.6. The lowest BCUT2D eigenvalue weighted by Gasteiger charge is -2.40. The predicted molar refractivity (Wildman–Crippen MR) is 337 cm³/mol. The van der Waals surface area contributed by atoms with Crippen molar-refractivity contribution in [3.63, 3.8) is 0 Å². The second-order valence-corrected chi connectivity index (χ2v) is 24.3. The summed E-state index contributed by atoms with van der Waals surface area (Å²) in [5, 5.41) is 54.7. The summed E-state index contributed by atoms with van der Waals surface area (Å²) in [6, 6.07) is -0.805. The molecule has 79 heavy (non-hydrogen) atoms. The first-order chi connectivity index (χ1) is 38.8. The fourth-order valence-corrected chi connectivity index (χ4v) is 11.3. The maximum Gasteiger partial charge on any atom is 0.220 e. The first kappa shape index (κ1) is 75.4. The Morgan fingerprint density at radius 1 is 0.430 bits per heavy atom. The molecule has 0 aromatic heterocycles. The van der Waals surface area contributed by atoms with Gasteiger partial charge < -0.3 is 40.3 Å². The molecule has 1 aliphatic heterocycles. The number of rotatable bonds is 61. The van der Waals surface area contributed by atoms with Crippen LogP contribution in [0.3, 0.4) is 0 Å². The van der Waals surface area contributed by atoms with E-state index in [1.54, 1.807) is 6.08 Å². The Balaban J connectivity index is 2.08. The molecule has 1 fully saturated rings. The second kappa shape index (κ2) is 59.6. The van der Waals surface area contributed by atoms with Crippen LogP contribution in [-0.4, -0.2) is 87.5 Å². The molecule has 0 bridgehead atoms. The predicted octanol–water partition coefficient (Wildman–Crippen LogP) is 18.6. The highest BCUT2D eigenvalue weighted by molar-refractivity contribution is 5.76. The number of ether oxygens (including phenoxy) is 2. The van der Waals surface area contributed by atoms with Crippen LogP contribution in [0.4, 0.5) is 0 Å². The van der Waals surface area contributed by atoms with Crippen molar-refractivity contribution in [1.29, 1.82) is 0 Å². The van der Waals surface area contributed by atoms with Gasteiger partial charge in [0.25, 0.3) is 0 Å². The molecule has 0 aromatic carbocycles. The van der Waals surface area contributed by atoms with Crippen LogP contribution < -0.4 is 5.32 Å². The van der Waals surface area contributed by atoms with E-state index in [0.29, 0.717) is 6.42 Å². The number of unbranched alkanes of at least 4 members (excludes halogenated alkanes) is 47. The lowest BCUT2D eigenvalue weighted by Crippen LogP contribution is -2.60. The monoisotopic (exact) mass is 1120 g/mol. The van der Waals surface area contributed by atoms with Gasteiger partial charge in [0.05, 0.1) is 25.4 Å². The third kappa shape index (κ3) is 48.5. The molecule has 9 heteroatoms. The lowest BCUT2D eigenvalue weighted by molar-refractivity contribution is -0.302. The fourth-order valence-electron chi connectivity index (χ4n) is 11.3. The minimum Gasteiger partial charge on any atom is -0.394 e. The number of amides is 1. The molecule has 7 unspecified atom stereocenters. The molecular weight excluding hydrogens is 983 g/mol. The molecule has 0 spiro atoms. The highest BCUT2D eigenvalue weighted by atomic mass is 16.7. The van der Waals surface area contributed by atoms with Gasteiger partial charge in [-0.25, -0.2) is 0 Å². The Bertz CT molecular complexity index is 1340. The summed E-state index contributed by atoms with van der Waals surface area (Å²) in [6.45, 7) is 3.83. The third-order valence-corrected chi connectivity index (χ3v) is 16.7. The Labute approximate surface area is 489 Å². The first-order valence-electron chi connectivity index (χ1n) is 34.7. The Morgan fingerprint density at radius 2 is 0.747 bits per heavy atom. The molecule has 0 saturated carbocycles.